The Hall–Kier alpha value is -0.750. The molecule has 6 heteroatoms. The lowest BCUT2D eigenvalue weighted by molar-refractivity contribution is -0.122. The first-order chi connectivity index (χ1) is 7.18. The number of nitrogens with zero attached hydrogens (tertiary/aromatic N) is 1. The van der Waals surface area contributed by atoms with Crippen LogP contribution in [0.1, 0.15) is 6.42 Å². The van der Waals surface area contributed by atoms with Gasteiger partial charge >= 0.3 is 0 Å². The molecule has 0 spiro atoms. The molecular formula is C9H17F2N3O. The van der Waals surface area contributed by atoms with E-state index in [4.69, 9.17) is 0 Å². The minimum absolute atomic E-state index is 0.217. The lowest BCUT2D eigenvalue weighted by atomic mass is 10.4. The van der Waals surface area contributed by atoms with E-state index in [1.807, 2.05) is 4.90 Å². The first-order valence-corrected chi connectivity index (χ1v) is 5.16. The van der Waals surface area contributed by atoms with Gasteiger partial charge in [0, 0.05) is 13.1 Å². The van der Waals surface area contributed by atoms with Crippen LogP contribution < -0.4 is 10.6 Å². The molecule has 0 aliphatic carbocycles. The third-order valence-electron chi connectivity index (χ3n) is 2.25. The Morgan fingerprint density at radius 2 is 2.20 bits per heavy atom. The Morgan fingerprint density at radius 3 is 2.93 bits per heavy atom. The molecule has 2 N–H and O–H groups in total. The summed E-state index contributed by atoms with van der Waals surface area (Å²) in [6.07, 6.45) is -1.48. The molecule has 1 aliphatic rings. The largest absolute Gasteiger partial charge is 0.349 e. The smallest absolute Gasteiger partial charge is 0.255 e. The molecule has 0 atom stereocenters. The Bertz CT molecular complexity index is 194. The molecule has 1 saturated heterocycles. The molecule has 0 aromatic carbocycles. The van der Waals surface area contributed by atoms with E-state index in [0.717, 1.165) is 32.6 Å². The quantitative estimate of drug-likeness (QED) is 0.683. The van der Waals surface area contributed by atoms with Crippen LogP contribution in [-0.2, 0) is 4.79 Å². The van der Waals surface area contributed by atoms with Crippen LogP contribution >= 0.6 is 0 Å². The molecule has 0 radical (unpaired) electrons. The zero-order valence-corrected chi connectivity index (χ0v) is 8.64. The van der Waals surface area contributed by atoms with Gasteiger partial charge in [0.15, 0.2) is 0 Å². The monoisotopic (exact) mass is 221 g/mol. The van der Waals surface area contributed by atoms with E-state index < -0.39 is 13.0 Å². The van der Waals surface area contributed by atoms with Crippen molar-refractivity contribution >= 4 is 5.91 Å². The van der Waals surface area contributed by atoms with Gasteiger partial charge in [-0.05, 0) is 19.5 Å². The van der Waals surface area contributed by atoms with Crippen molar-refractivity contribution in [3.63, 3.8) is 0 Å². The summed E-state index contributed by atoms with van der Waals surface area (Å²) in [6.45, 7) is 3.10. The summed E-state index contributed by atoms with van der Waals surface area (Å²) < 4.78 is 23.6. The molecule has 0 bridgehead atoms. The van der Waals surface area contributed by atoms with Gasteiger partial charge in [0.25, 0.3) is 6.43 Å². The number of amides is 1. The predicted molar refractivity (Wildman–Crippen MR) is 52.9 cm³/mol. The number of carbonyl (C=O) groups is 1. The Labute approximate surface area is 88.0 Å². The molecule has 1 fully saturated rings. The number of hydrogen-bond donors (Lipinski definition) is 2. The zero-order valence-electron chi connectivity index (χ0n) is 8.64. The average Bonchev–Trinajstić information content (AvgIpc) is 2.43. The van der Waals surface area contributed by atoms with E-state index in [2.05, 4.69) is 10.6 Å². The third kappa shape index (κ3) is 5.64. The van der Waals surface area contributed by atoms with Gasteiger partial charge in [-0.25, -0.2) is 8.78 Å². The number of nitrogens with one attached hydrogen (secondary N) is 2. The Balaban J connectivity index is 2.17. The minimum atomic E-state index is -2.47. The number of alkyl halides is 2. The molecule has 1 heterocycles. The van der Waals surface area contributed by atoms with Gasteiger partial charge in [-0.3, -0.25) is 9.69 Å². The summed E-state index contributed by atoms with van der Waals surface area (Å²) in [5.74, 6) is -0.322. The van der Waals surface area contributed by atoms with Crippen LogP contribution in [0.25, 0.3) is 0 Å². The van der Waals surface area contributed by atoms with Gasteiger partial charge in [0.2, 0.25) is 5.91 Å². The number of halogens is 2. The highest BCUT2D eigenvalue weighted by Crippen LogP contribution is 1.95. The van der Waals surface area contributed by atoms with Crippen molar-refractivity contribution in [2.24, 2.45) is 0 Å². The summed E-state index contributed by atoms with van der Waals surface area (Å²) in [4.78, 5) is 13.2. The molecule has 4 nitrogen and oxygen atoms in total. The van der Waals surface area contributed by atoms with Gasteiger partial charge in [-0.1, -0.05) is 0 Å². The van der Waals surface area contributed by atoms with Crippen LogP contribution in [-0.4, -0.2) is 56.5 Å². The van der Waals surface area contributed by atoms with E-state index in [9.17, 15) is 13.6 Å². The first kappa shape index (κ1) is 12.3. The fraction of sp³-hybridized carbons (Fsp3) is 0.889. The van der Waals surface area contributed by atoms with Crippen LogP contribution in [0.3, 0.4) is 0 Å². The summed E-state index contributed by atoms with van der Waals surface area (Å²) in [6, 6.07) is 0. The van der Waals surface area contributed by atoms with Crippen LogP contribution in [0.5, 0.6) is 0 Å². The fourth-order valence-electron chi connectivity index (χ4n) is 1.51. The molecule has 88 valence electrons. The van der Waals surface area contributed by atoms with Gasteiger partial charge in [0.1, 0.15) is 0 Å². The number of hydrogen-bond acceptors (Lipinski definition) is 3. The topological polar surface area (TPSA) is 44.4 Å². The van der Waals surface area contributed by atoms with Crippen molar-refractivity contribution in [1.29, 1.82) is 0 Å². The maximum atomic E-state index is 11.8. The van der Waals surface area contributed by atoms with Crippen LogP contribution in [0.2, 0.25) is 0 Å². The van der Waals surface area contributed by atoms with E-state index >= 15 is 0 Å². The second kappa shape index (κ2) is 6.68. The molecule has 1 rings (SSSR count). The lowest BCUT2D eigenvalue weighted by Gasteiger charge is -2.18. The van der Waals surface area contributed by atoms with Crippen LogP contribution in [0.4, 0.5) is 8.78 Å². The van der Waals surface area contributed by atoms with Gasteiger partial charge in [-0.2, -0.15) is 0 Å². The first-order valence-electron chi connectivity index (χ1n) is 5.16. The van der Waals surface area contributed by atoms with Crippen molar-refractivity contribution in [1.82, 2.24) is 15.5 Å². The normalized spacial score (nSPS) is 18.9. The van der Waals surface area contributed by atoms with Crippen molar-refractivity contribution in [2.45, 2.75) is 12.8 Å². The zero-order chi connectivity index (χ0) is 11.1. The maximum absolute atomic E-state index is 11.8. The van der Waals surface area contributed by atoms with E-state index in [0.29, 0.717) is 0 Å². The highest BCUT2D eigenvalue weighted by molar-refractivity contribution is 5.78. The highest BCUT2D eigenvalue weighted by atomic mass is 19.3. The van der Waals surface area contributed by atoms with Gasteiger partial charge < -0.3 is 10.6 Å². The SMILES string of the molecule is O=C(CN1CCCNCC1)NCC(F)F. The fourth-order valence-corrected chi connectivity index (χ4v) is 1.51. The molecule has 15 heavy (non-hydrogen) atoms. The third-order valence-corrected chi connectivity index (χ3v) is 2.25. The van der Waals surface area contributed by atoms with Crippen molar-refractivity contribution in [3.8, 4) is 0 Å². The highest BCUT2D eigenvalue weighted by Gasteiger charge is 2.13. The van der Waals surface area contributed by atoms with Crippen molar-refractivity contribution in [3.05, 3.63) is 0 Å². The second-order valence-corrected chi connectivity index (χ2v) is 3.57. The average molecular weight is 221 g/mol. The number of carbonyl (C=O) groups excluding carboxylic acids is 1. The molecule has 0 unspecified atom stereocenters. The molecule has 0 saturated carbocycles. The standard InChI is InChI=1S/C9H17F2N3O/c10-8(11)6-13-9(15)7-14-4-1-2-12-3-5-14/h8,12H,1-7H2,(H,13,15). The van der Waals surface area contributed by atoms with Gasteiger partial charge in [-0.15, -0.1) is 0 Å². The lowest BCUT2D eigenvalue weighted by Crippen LogP contribution is -2.40. The molecule has 1 amide bonds. The second-order valence-electron chi connectivity index (χ2n) is 3.57. The number of rotatable bonds is 4. The van der Waals surface area contributed by atoms with Gasteiger partial charge in [0.05, 0.1) is 13.1 Å². The Morgan fingerprint density at radius 1 is 1.40 bits per heavy atom. The van der Waals surface area contributed by atoms with E-state index in [1.165, 1.54) is 0 Å². The van der Waals surface area contributed by atoms with Crippen molar-refractivity contribution < 1.29 is 13.6 Å². The summed E-state index contributed by atoms with van der Waals surface area (Å²) in [7, 11) is 0. The van der Waals surface area contributed by atoms with Crippen LogP contribution in [0.15, 0.2) is 0 Å². The van der Waals surface area contributed by atoms with E-state index in [1.54, 1.807) is 0 Å². The summed E-state index contributed by atoms with van der Waals surface area (Å²) >= 11 is 0. The molecule has 1 aliphatic heterocycles. The summed E-state index contributed by atoms with van der Waals surface area (Å²) in [5.41, 5.74) is 0. The van der Waals surface area contributed by atoms with Crippen molar-refractivity contribution in [2.75, 3.05) is 39.3 Å². The minimum Gasteiger partial charge on any atom is -0.349 e. The van der Waals surface area contributed by atoms with E-state index in [-0.39, 0.29) is 12.5 Å². The summed E-state index contributed by atoms with van der Waals surface area (Å²) in [5, 5.41) is 5.41. The maximum Gasteiger partial charge on any atom is 0.255 e. The molecule has 0 aromatic heterocycles. The predicted octanol–water partition coefficient (Wildman–Crippen LogP) is -0.337. The Kier molecular flexibility index (Phi) is 5.49. The molecular weight excluding hydrogens is 204 g/mol. The van der Waals surface area contributed by atoms with Crippen LogP contribution in [0, 0.1) is 0 Å². The molecule has 0 aromatic rings.